The number of ether oxygens (including phenoxy) is 1. The van der Waals surface area contributed by atoms with Gasteiger partial charge in [0.2, 0.25) is 5.91 Å². The highest BCUT2D eigenvalue weighted by Crippen LogP contribution is 2.24. The van der Waals surface area contributed by atoms with E-state index in [0.717, 1.165) is 19.5 Å². The maximum absolute atomic E-state index is 12.5. The summed E-state index contributed by atoms with van der Waals surface area (Å²) in [5, 5.41) is 3.27. The van der Waals surface area contributed by atoms with Crippen molar-refractivity contribution in [2.75, 3.05) is 13.1 Å². The highest BCUT2D eigenvalue weighted by Gasteiger charge is 2.31. The Labute approximate surface area is 123 Å². The second-order valence-corrected chi connectivity index (χ2v) is 6.76. The topological polar surface area (TPSA) is 41.6 Å². The zero-order valence-corrected chi connectivity index (χ0v) is 13.4. The van der Waals surface area contributed by atoms with Crippen LogP contribution in [-0.2, 0) is 9.53 Å². The molecule has 0 aromatic carbocycles. The first kappa shape index (κ1) is 15.8. The SMILES string of the molecule is C[C@@H]1CN([C@H](C)C(=O)N[C@@H]2CCCC[C@@H]2C)C[C@H](C)O1. The molecule has 20 heavy (non-hydrogen) atoms. The molecule has 4 nitrogen and oxygen atoms in total. The first-order valence-corrected chi connectivity index (χ1v) is 8.17. The van der Waals surface area contributed by atoms with Gasteiger partial charge in [-0.3, -0.25) is 9.69 Å². The molecule has 1 amide bonds. The third-order valence-electron chi connectivity index (χ3n) is 4.81. The standard InChI is InChI=1S/C16H30N2O2/c1-11-7-5-6-8-15(11)17-16(19)14(4)18-9-12(2)20-13(3)10-18/h11-15H,5-10H2,1-4H3,(H,17,19)/t11-,12-,13+,14+,15+/m0/s1. The molecule has 0 aromatic rings. The van der Waals surface area contributed by atoms with Crippen molar-refractivity contribution in [3.8, 4) is 0 Å². The molecule has 0 unspecified atom stereocenters. The summed E-state index contributed by atoms with van der Waals surface area (Å²) in [5.41, 5.74) is 0. The van der Waals surface area contributed by atoms with Crippen molar-refractivity contribution in [1.29, 1.82) is 0 Å². The molecule has 116 valence electrons. The summed E-state index contributed by atoms with van der Waals surface area (Å²) in [7, 11) is 0. The van der Waals surface area contributed by atoms with E-state index in [1.165, 1.54) is 19.3 Å². The number of carbonyl (C=O) groups excluding carboxylic acids is 1. The van der Waals surface area contributed by atoms with Crippen LogP contribution in [-0.4, -0.2) is 48.2 Å². The van der Waals surface area contributed by atoms with Crippen LogP contribution >= 0.6 is 0 Å². The lowest BCUT2D eigenvalue weighted by molar-refractivity contribution is -0.133. The van der Waals surface area contributed by atoms with E-state index in [0.29, 0.717) is 12.0 Å². The predicted octanol–water partition coefficient (Wildman–Crippen LogP) is 2.18. The molecule has 1 saturated heterocycles. The summed E-state index contributed by atoms with van der Waals surface area (Å²) in [6.07, 6.45) is 5.35. The third-order valence-corrected chi connectivity index (χ3v) is 4.81. The Balaban J connectivity index is 1.87. The lowest BCUT2D eigenvalue weighted by Gasteiger charge is -2.39. The van der Waals surface area contributed by atoms with E-state index in [1.807, 2.05) is 6.92 Å². The second kappa shape index (κ2) is 6.90. The van der Waals surface area contributed by atoms with Crippen LogP contribution in [0.2, 0.25) is 0 Å². The lowest BCUT2D eigenvalue weighted by Crippen LogP contribution is -2.55. The van der Waals surface area contributed by atoms with Gasteiger partial charge in [-0.1, -0.05) is 19.8 Å². The van der Waals surface area contributed by atoms with Crippen molar-refractivity contribution >= 4 is 5.91 Å². The van der Waals surface area contributed by atoms with Crippen LogP contribution in [0.4, 0.5) is 0 Å². The molecule has 0 spiro atoms. The zero-order valence-electron chi connectivity index (χ0n) is 13.4. The summed E-state index contributed by atoms with van der Waals surface area (Å²) in [6, 6.07) is 0.313. The van der Waals surface area contributed by atoms with Crippen LogP contribution < -0.4 is 5.32 Å². The molecule has 5 atom stereocenters. The summed E-state index contributed by atoms with van der Waals surface area (Å²) >= 11 is 0. The quantitative estimate of drug-likeness (QED) is 0.862. The molecule has 0 aromatic heterocycles. The summed E-state index contributed by atoms with van der Waals surface area (Å²) < 4.78 is 5.74. The van der Waals surface area contributed by atoms with Crippen molar-refractivity contribution in [3.05, 3.63) is 0 Å². The summed E-state index contributed by atoms with van der Waals surface area (Å²) in [6.45, 7) is 10.1. The summed E-state index contributed by atoms with van der Waals surface area (Å²) in [4.78, 5) is 14.7. The monoisotopic (exact) mass is 282 g/mol. The summed E-state index contributed by atoms with van der Waals surface area (Å²) in [5.74, 6) is 0.799. The number of nitrogens with zero attached hydrogens (tertiary/aromatic N) is 1. The average molecular weight is 282 g/mol. The fourth-order valence-electron chi connectivity index (χ4n) is 3.53. The molecular formula is C16H30N2O2. The largest absolute Gasteiger partial charge is 0.373 e. The van der Waals surface area contributed by atoms with Crippen molar-refractivity contribution in [2.45, 2.75) is 77.7 Å². The molecule has 2 aliphatic rings. The van der Waals surface area contributed by atoms with Crippen molar-refractivity contribution in [2.24, 2.45) is 5.92 Å². The number of carbonyl (C=O) groups is 1. The van der Waals surface area contributed by atoms with Gasteiger partial charge >= 0.3 is 0 Å². The number of nitrogens with one attached hydrogen (secondary N) is 1. The van der Waals surface area contributed by atoms with Gasteiger partial charge in [-0.2, -0.15) is 0 Å². The Kier molecular flexibility index (Phi) is 5.44. The Morgan fingerprint density at radius 2 is 1.75 bits per heavy atom. The second-order valence-electron chi connectivity index (χ2n) is 6.76. The molecule has 2 rings (SSSR count). The molecule has 1 heterocycles. The van der Waals surface area contributed by atoms with Gasteiger partial charge in [0.25, 0.3) is 0 Å². The third kappa shape index (κ3) is 3.95. The van der Waals surface area contributed by atoms with E-state index in [9.17, 15) is 4.79 Å². The van der Waals surface area contributed by atoms with Gasteiger partial charge in [0, 0.05) is 19.1 Å². The van der Waals surface area contributed by atoms with Gasteiger partial charge in [-0.25, -0.2) is 0 Å². The number of morpholine rings is 1. The van der Waals surface area contributed by atoms with E-state index in [2.05, 4.69) is 31.0 Å². The molecule has 1 N–H and O–H groups in total. The Morgan fingerprint density at radius 1 is 1.15 bits per heavy atom. The molecule has 4 heteroatoms. The van der Waals surface area contributed by atoms with Gasteiger partial charge < -0.3 is 10.1 Å². The van der Waals surface area contributed by atoms with Crippen LogP contribution in [0.5, 0.6) is 0 Å². The average Bonchev–Trinajstić information content (AvgIpc) is 2.39. The van der Waals surface area contributed by atoms with Gasteiger partial charge in [-0.05, 0) is 39.5 Å². The number of amides is 1. The number of hydrogen-bond donors (Lipinski definition) is 1. The minimum atomic E-state index is -0.0575. The minimum Gasteiger partial charge on any atom is -0.373 e. The molecule has 1 saturated carbocycles. The highest BCUT2D eigenvalue weighted by molar-refractivity contribution is 5.81. The van der Waals surface area contributed by atoms with Crippen LogP contribution in [0.1, 0.15) is 53.4 Å². The normalized spacial score (nSPS) is 37.4. The Hall–Kier alpha value is -0.610. The first-order chi connectivity index (χ1) is 9.47. The smallest absolute Gasteiger partial charge is 0.237 e. The number of rotatable bonds is 3. The molecule has 1 aliphatic heterocycles. The molecule has 1 aliphatic carbocycles. The fourth-order valence-corrected chi connectivity index (χ4v) is 3.53. The van der Waals surface area contributed by atoms with Gasteiger partial charge in [-0.15, -0.1) is 0 Å². The van der Waals surface area contributed by atoms with E-state index in [-0.39, 0.29) is 24.2 Å². The van der Waals surface area contributed by atoms with E-state index in [4.69, 9.17) is 4.74 Å². The molecule has 2 fully saturated rings. The molecular weight excluding hydrogens is 252 g/mol. The van der Waals surface area contributed by atoms with Gasteiger partial charge in [0.1, 0.15) is 0 Å². The minimum absolute atomic E-state index is 0.0575. The van der Waals surface area contributed by atoms with Crippen LogP contribution in [0.25, 0.3) is 0 Å². The van der Waals surface area contributed by atoms with E-state index >= 15 is 0 Å². The maximum Gasteiger partial charge on any atom is 0.237 e. The predicted molar refractivity (Wildman–Crippen MR) is 80.6 cm³/mol. The van der Waals surface area contributed by atoms with Crippen LogP contribution in [0.3, 0.4) is 0 Å². The van der Waals surface area contributed by atoms with Crippen molar-refractivity contribution in [3.63, 3.8) is 0 Å². The zero-order chi connectivity index (χ0) is 14.7. The Morgan fingerprint density at radius 3 is 2.35 bits per heavy atom. The fraction of sp³-hybridized carbons (Fsp3) is 0.938. The van der Waals surface area contributed by atoms with Crippen molar-refractivity contribution in [1.82, 2.24) is 10.2 Å². The molecule has 0 radical (unpaired) electrons. The first-order valence-electron chi connectivity index (χ1n) is 8.17. The Bertz CT molecular complexity index is 324. The maximum atomic E-state index is 12.5. The number of hydrogen-bond acceptors (Lipinski definition) is 3. The lowest BCUT2D eigenvalue weighted by atomic mass is 9.86. The van der Waals surface area contributed by atoms with E-state index in [1.54, 1.807) is 0 Å². The highest BCUT2D eigenvalue weighted by atomic mass is 16.5. The van der Waals surface area contributed by atoms with Crippen LogP contribution in [0.15, 0.2) is 0 Å². The van der Waals surface area contributed by atoms with E-state index < -0.39 is 0 Å². The van der Waals surface area contributed by atoms with Crippen LogP contribution in [0, 0.1) is 5.92 Å². The van der Waals surface area contributed by atoms with Crippen molar-refractivity contribution < 1.29 is 9.53 Å². The van der Waals surface area contributed by atoms with Gasteiger partial charge in [0.05, 0.1) is 18.2 Å². The van der Waals surface area contributed by atoms with Gasteiger partial charge in [0.15, 0.2) is 0 Å². The molecule has 0 bridgehead atoms.